The van der Waals surface area contributed by atoms with Gasteiger partial charge in [-0.25, -0.2) is 8.78 Å². The number of hydrogen-bond donors (Lipinski definition) is 1. The quantitative estimate of drug-likeness (QED) is 0.855. The summed E-state index contributed by atoms with van der Waals surface area (Å²) < 4.78 is 27.5. The first-order valence-corrected chi connectivity index (χ1v) is 8.81. The van der Waals surface area contributed by atoms with E-state index in [1.165, 1.54) is 0 Å². The predicted octanol–water partition coefficient (Wildman–Crippen LogP) is 3.40. The van der Waals surface area contributed by atoms with Gasteiger partial charge in [-0.15, -0.1) is 0 Å². The fourth-order valence-corrected chi connectivity index (χ4v) is 4.09. The van der Waals surface area contributed by atoms with Crippen molar-refractivity contribution in [3.05, 3.63) is 34.4 Å². The summed E-state index contributed by atoms with van der Waals surface area (Å²) in [6, 6.07) is 7.85. The monoisotopic (exact) mass is 399 g/mol. The minimum atomic E-state index is -2.30. The van der Waals surface area contributed by atoms with Crippen LogP contribution in [-0.4, -0.2) is 47.5 Å². The number of nitrogens with one attached hydrogen (secondary N) is 1. The molecule has 24 heavy (non-hydrogen) atoms. The van der Waals surface area contributed by atoms with Crippen LogP contribution in [0.25, 0.3) is 10.9 Å². The van der Waals surface area contributed by atoms with E-state index in [1.54, 1.807) is 4.90 Å². The van der Waals surface area contributed by atoms with E-state index in [1.807, 2.05) is 35.9 Å². The first kappa shape index (κ1) is 17.4. The lowest BCUT2D eigenvalue weighted by molar-refractivity contribution is 0.0694. The number of piperidine rings is 1. The Bertz CT molecular complexity index is 700. The molecule has 0 radical (unpaired) electrons. The minimum Gasteiger partial charge on any atom is -0.348 e. The van der Waals surface area contributed by atoms with E-state index >= 15 is 0 Å². The number of para-hydroxylation sites is 1. The molecule has 4 nitrogen and oxygen atoms in total. The van der Waals surface area contributed by atoms with E-state index in [2.05, 4.69) is 21.2 Å². The van der Waals surface area contributed by atoms with Crippen LogP contribution in [0.15, 0.2) is 28.7 Å². The molecule has 130 valence electrons. The van der Waals surface area contributed by atoms with Gasteiger partial charge < -0.3 is 9.88 Å². The lowest BCUT2D eigenvalue weighted by Crippen LogP contribution is -2.46. The first-order chi connectivity index (χ1) is 11.5. The summed E-state index contributed by atoms with van der Waals surface area (Å²) in [6.45, 7) is 0.993. The molecule has 3 rings (SSSR count). The number of aryl methyl sites for hydroxylation is 1. The van der Waals surface area contributed by atoms with E-state index in [9.17, 15) is 13.6 Å². The van der Waals surface area contributed by atoms with Crippen molar-refractivity contribution >= 4 is 32.7 Å². The van der Waals surface area contributed by atoms with Crippen molar-refractivity contribution < 1.29 is 13.6 Å². The van der Waals surface area contributed by atoms with Crippen LogP contribution in [0.5, 0.6) is 0 Å². The largest absolute Gasteiger partial charge is 0.348 e. The van der Waals surface area contributed by atoms with Crippen LogP contribution in [0.2, 0.25) is 0 Å². The third kappa shape index (κ3) is 3.47. The van der Waals surface area contributed by atoms with Crippen molar-refractivity contribution in [3.63, 3.8) is 0 Å². The Balaban J connectivity index is 1.68. The Morgan fingerprint density at radius 1 is 1.33 bits per heavy atom. The summed E-state index contributed by atoms with van der Waals surface area (Å²) >= 11 is 3.53. The van der Waals surface area contributed by atoms with E-state index < -0.39 is 6.43 Å². The van der Waals surface area contributed by atoms with Gasteiger partial charge >= 0.3 is 0 Å². The van der Waals surface area contributed by atoms with Crippen LogP contribution >= 0.6 is 15.9 Å². The molecule has 1 fully saturated rings. The van der Waals surface area contributed by atoms with Crippen molar-refractivity contribution in [2.75, 3.05) is 19.6 Å². The molecule has 1 saturated heterocycles. The van der Waals surface area contributed by atoms with Crippen LogP contribution < -0.4 is 5.32 Å². The molecule has 1 aromatic carbocycles. The van der Waals surface area contributed by atoms with Crippen molar-refractivity contribution in [1.82, 2.24) is 14.8 Å². The lowest BCUT2D eigenvalue weighted by atomic mass is 10.0. The van der Waals surface area contributed by atoms with Gasteiger partial charge in [0.25, 0.3) is 12.3 Å². The smallest absolute Gasteiger partial charge is 0.269 e. The molecule has 0 unspecified atom stereocenters. The number of rotatable bonds is 4. The summed E-state index contributed by atoms with van der Waals surface area (Å²) in [5.41, 5.74) is 1.58. The zero-order valence-corrected chi connectivity index (χ0v) is 15.0. The Morgan fingerprint density at radius 3 is 2.62 bits per heavy atom. The standard InChI is InChI=1S/C17H20BrF2N3O/c1-22-13-5-3-2-4-12(13)15(18)16(22)17(24)21-11-6-8-23(9-7-11)10-14(19)20/h2-5,11,14H,6-10H2,1H3,(H,21,24). The molecule has 1 aliphatic heterocycles. The number of benzene rings is 1. The number of amides is 1. The highest BCUT2D eigenvalue weighted by atomic mass is 79.9. The number of hydrogen-bond acceptors (Lipinski definition) is 2. The third-order valence-electron chi connectivity index (χ3n) is 4.58. The molecule has 7 heteroatoms. The van der Waals surface area contributed by atoms with Crippen LogP contribution in [-0.2, 0) is 7.05 Å². The summed E-state index contributed by atoms with van der Waals surface area (Å²) in [4.78, 5) is 14.4. The molecule has 2 aromatic rings. The molecule has 1 N–H and O–H groups in total. The van der Waals surface area contributed by atoms with Gasteiger partial charge in [0.1, 0.15) is 5.69 Å². The SMILES string of the molecule is Cn1c(C(=O)NC2CCN(CC(F)F)CC2)c(Br)c2ccccc21. The third-order valence-corrected chi connectivity index (χ3v) is 5.38. The molecule has 0 bridgehead atoms. The zero-order chi connectivity index (χ0) is 17.3. The fraction of sp³-hybridized carbons (Fsp3) is 0.471. The average Bonchev–Trinajstić information content (AvgIpc) is 2.81. The molecule has 1 aromatic heterocycles. The van der Waals surface area contributed by atoms with Crippen LogP contribution in [0.3, 0.4) is 0 Å². The van der Waals surface area contributed by atoms with Crippen LogP contribution in [0, 0.1) is 0 Å². The number of carbonyl (C=O) groups is 1. The Hall–Kier alpha value is -1.47. The minimum absolute atomic E-state index is 0.0244. The van der Waals surface area contributed by atoms with Crippen molar-refractivity contribution in [2.45, 2.75) is 25.3 Å². The van der Waals surface area contributed by atoms with E-state index in [0.29, 0.717) is 31.6 Å². The maximum atomic E-state index is 12.7. The second-order valence-electron chi connectivity index (χ2n) is 6.18. The number of likely N-dealkylation sites (tertiary alicyclic amines) is 1. The number of fused-ring (bicyclic) bond motifs is 1. The van der Waals surface area contributed by atoms with Crippen molar-refractivity contribution in [3.8, 4) is 0 Å². The maximum absolute atomic E-state index is 12.7. The summed E-state index contributed by atoms with van der Waals surface area (Å²) in [7, 11) is 1.87. The topological polar surface area (TPSA) is 37.3 Å². The second-order valence-corrected chi connectivity index (χ2v) is 6.97. The van der Waals surface area contributed by atoms with Crippen molar-refractivity contribution in [1.29, 1.82) is 0 Å². The lowest BCUT2D eigenvalue weighted by Gasteiger charge is -2.32. The molecule has 0 saturated carbocycles. The van der Waals surface area contributed by atoms with Gasteiger partial charge in [0.2, 0.25) is 0 Å². The zero-order valence-electron chi connectivity index (χ0n) is 13.4. The van der Waals surface area contributed by atoms with E-state index in [0.717, 1.165) is 15.4 Å². The Kier molecular flexibility index (Phi) is 5.20. The van der Waals surface area contributed by atoms with E-state index in [4.69, 9.17) is 0 Å². The van der Waals surface area contributed by atoms with Gasteiger partial charge in [0, 0.05) is 37.1 Å². The summed E-state index contributed by atoms with van der Waals surface area (Å²) in [5.74, 6) is -0.132. The number of nitrogens with zero attached hydrogens (tertiary/aromatic N) is 2. The summed E-state index contributed by atoms with van der Waals surface area (Å²) in [6.07, 6.45) is -0.914. The highest BCUT2D eigenvalue weighted by molar-refractivity contribution is 9.10. The molecule has 0 spiro atoms. The number of halogens is 3. The highest BCUT2D eigenvalue weighted by Gasteiger charge is 2.25. The van der Waals surface area contributed by atoms with Gasteiger partial charge in [-0.2, -0.15) is 0 Å². The molecule has 1 amide bonds. The number of carbonyl (C=O) groups excluding carboxylic acids is 1. The molecule has 0 aliphatic carbocycles. The number of alkyl halides is 2. The van der Waals surface area contributed by atoms with E-state index in [-0.39, 0.29) is 18.5 Å². The van der Waals surface area contributed by atoms with Crippen molar-refractivity contribution in [2.24, 2.45) is 7.05 Å². The van der Waals surface area contributed by atoms with Crippen LogP contribution in [0.1, 0.15) is 23.3 Å². The highest BCUT2D eigenvalue weighted by Crippen LogP contribution is 2.30. The molecular weight excluding hydrogens is 380 g/mol. The van der Waals surface area contributed by atoms with Gasteiger partial charge in [-0.1, -0.05) is 18.2 Å². The predicted molar refractivity (Wildman–Crippen MR) is 93.6 cm³/mol. The summed E-state index contributed by atoms with van der Waals surface area (Å²) in [5, 5.41) is 4.04. The van der Waals surface area contributed by atoms with Crippen LogP contribution in [0.4, 0.5) is 8.78 Å². The Morgan fingerprint density at radius 2 is 2.00 bits per heavy atom. The van der Waals surface area contributed by atoms with Gasteiger partial charge in [-0.05, 0) is 34.8 Å². The molecule has 0 atom stereocenters. The Labute approximate surface area is 147 Å². The first-order valence-electron chi connectivity index (χ1n) is 8.01. The average molecular weight is 400 g/mol. The molecule has 1 aliphatic rings. The number of aromatic nitrogens is 1. The second kappa shape index (κ2) is 7.19. The maximum Gasteiger partial charge on any atom is 0.269 e. The normalized spacial score (nSPS) is 16.9. The van der Waals surface area contributed by atoms with Gasteiger partial charge in [0.05, 0.1) is 11.0 Å². The molecular formula is C17H20BrF2N3O. The fourth-order valence-electron chi connectivity index (χ4n) is 3.31. The van der Waals surface area contributed by atoms with Gasteiger partial charge in [-0.3, -0.25) is 9.69 Å². The van der Waals surface area contributed by atoms with Gasteiger partial charge in [0.15, 0.2) is 0 Å². The molecule has 2 heterocycles.